The molecule has 0 aliphatic rings. The molecule has 20 heavy (non-hydrogen) atoms. The second kappa shape index (κ2) is 6.47. The van der Waals surface area contributed by atoms with Gasteiger partial charge in [0.15, 0.2) is 0 Å². The first kappa shape index (κ1) is 14.5. The van der Waals surface area contributed by atoms with Crippen molar-refractivity contribution in [2.45, 2.75) is 13.5 Å². The van der Waals surface area contributed by atoms with E-state index in [0.717, 1.165) is 10.3 Å². The molecule has 1 heterocycles. The van der Waals surface area contributed by atoms with E-state index in [4.69, 9.17) is 0 Å². The average Bonchev–Trinajstić information content (AvgIpc) is 2.39. The summed E-state index contributed by atoms with van der Waals surface area (Å²) in [7, 11) is 0. The highest BCUT2D eigenvalue weighted by Gasteiger charge is 2.05. The Hall–Kier alpha value is -1.95. The van der Waals surface area contributed by atoms with Crippen LogP contribution < -0.4 is 10.6 Å². The molecule has 0 spiro atoms. The minimum atomic E-state index is -0.466. The van der Waals surface area contributed by atoms with E-state index in [1.807, 2.05) is 18.2 Å². The van der Waals surface area contributed by atoms with Crippen LogP contribution in [0, 0.1) is 5.82 Å². The van der Waals surface area contributed by atoms with Crippen molar-refractivity contribution in [3.8, 4) is 0 Å². The number of rotatable bonds is 4. The van der Waals surface area contributed by atoms with E-state index in [1.54, 1.807) is 12.1 Å². The molecule has 0 fully saturated rings. The van der Waals surface area contributed by atoms with Crippen LogP contribution in [0.25, 0.3) is 0 Å². The lowest BCUT2D eigenvalue weighted by molar-refractivity contribution is -0.114. The molecular formula is C14H13BrFN3O. The lowest BCUT2D eigenvalue weighted by Crippen LogP contribution is -2.08. The van der Waals surface area contributed by atoms with Crippen LogP contribution in [0.5, 0.6) is 0 Å². The fourth-order valence-corrected chi connectivity index (χ4v) is 2.04. The maximum absolute atomic E-state index is 13.5. The molecule has 0 atom stereocenters. The van der Waals surface area contributed by atoms with E-state index in [-0.39, 0.29) is 11.6 Å². The summed E-state index contributed by atoms with van der Waals surface area (Å²) in [6.07, 6.45) is 0. The lowest BCUT2D eigenvalue weighted by atomic mass is 10.2. The van der Waals surface area contributed by atoms with Crippen LogP contribution >= 0.6 is 15.9 Å². The third-order valence-electron chi connectivity index (χ3n) is 2.52. The molecule has 1 aromatic heterocycles. The summed E-state index contributed by atoms with van der Waals surface area (Å²) in [5, 5.41) is 5.57. The van der Waals surface area contributed by atoms with Crippen molar-refractivity contribution in [1.29, 1.82) is 0 Å². The number of hydrogen-bond acceptors (Lipinski definition) is 3. The first-order chi connectivity index (χ1) is 9.54. The number of carbonyl (C=O) groups is 1. The minimum absolute atomic E-state index is 0.157. The molecule has 1 aromatic carbocycles. The first-order valence-electron chi connectivity index (χ1n) is 5.97. The van der Waals surface area contributed by atoms with Crippen molar-refractivity contribution < 1.29 is 9.18 Å². The SMILES string of the molecule is CC(=O)Nc1cc(NCc2cccc(Br)n2)ccc1F. The maximum atomic E-state index is 13.5. The van der Waals surface area contributed by atoms with E-state index >= 15 is 0 Å². The smallest absolute Gasteiger partial charge is 0.221 e. The van der Waals surface area contributed by atoms with Crippen molar-refractivity contribution in [2.24, 2.45) is 0 Å². The quantitative estimate of drug-likeness (QED) is 0.839. The normalized spacial score (nSPS) is 10.2. The molecule has 1 amide bonds. The van der Waals surface area contributed by atoms with Gasteiger partial charge in [-0.25, -0.2) is 9.37 Å². The Morgan fingerprint density at radius 1 is 1.35 bits per heavy atom. The molecule has 6 heteroatoms. The van der Waals surface area contributed by atoms with Crippen molar-refractivity contribution in [3.63, 3.8) is 0 Å². The van der Waals surface area contributed by atoms with Gasteiger partial charge in [-0.15, -0.1) is 0 Å². The average molecular weight is 338 g/mol. The second-order valence-electron chi connectivity index (χ2n) is 4.18. The zero-order valence-electron chi connectivity index (χ0n) is 10.8. The van der Waals surface area contributed by atoms with Gasteiger partial charge in [0.05, 0.1) is 17.9 Å². The van der Waals surface area contributed by atoms with Gasteiger partial charge in [-0.05, 0) is 46.3 Å². The molecule has 0 radical (unpaired) electrons. The predicted octanol–water partition coefficient (Wildman–Crippen LogP) is 3.55. The molecule has 0 saturated carbocycles. The number of amides is 1. The highest BCUT2D eigenvalue weighted by molar-refractivity contribution is 9.10. The van der Waals surface area contributed by atoms with Crippen LogP contribution in [0.1, 0.15) is 12.6 Å². The van der Waals surface area contributed by atoms with Gasteiger partial charge in [0, 0.05) is 12.6 Å². The number of nitrogens with zero attached hydrogens (tertiary/aromatic N) is 1. The number of carbonyl (C=O) groups excluding carboxylic acids is 1. The van der Waals surface area contributed by atoms with Crippen LogP contribution in [-0.2, 0) is 11.3 Å². The highest BCUT2D eigenvalue weighted by Crippen LogP contribution is 2.20. The first-order valence-corrected chi connectivity index (χ1v) is 6.76. The third-order valence-corrected chi connectivity index (χ3v) is 2.97. The second-order valence-corrected chi connectivity index (χ2v) is 4.99. The molecule has 2 rings (SSSR count). The number of nitrogens with one attached hydrogen (secondary N) is 2. The Balaban J connectivity index is 2.08. The summed E-state index contributed by atoms with van der Waals surface area (Å²) in [6, 6.07) is 10.1. The van der Waals surface area contributed by atoms with Gasteiger partial charge in [0.2, 0.25) is 5.91 Å². The zero-order chi connectivity index (χ0) is 14.5. The zero-order valence-corrected chi connectivity index (χ0v) is 12.4. The molecule has 2 aromatic rings. The van der Waals surface area contributed by atoms with Crippen molar-refractivity contribution >= 4 is 33.2 Å². The van der Waals surface area contributed by atoms with Crippen molar-refractivity contribution in [3.05, 3.63) is 52.5 Å². The topological polar surface area (TPSA) is 54.0 Å². The summed E-state index contributed by atoms with van der Waals surface area (Å²) in [5.41, 5.74) is 1.71. The molecule has 0 bridgehead atoms. The van der Waals surface area contributed by atoms with Gasteiger partial charge in [0.25, 0.3) is 0 Å². The van der Waals surface area contributed by atoms with Crippen LogP contribution in [-0.4, -0.2) is 10.9 Å². The summed E-state index contributed by atoms with van der Waals surface area (Å²) in [6.45, 7) is 1.84. The Morgan fingerprint density at radius 2 is 2.15 bits per heavy atom. The number of pyridine rings is 1. The molecule has 0 aliphatic carbocycles. The van der Waals surface area contributed by atoms with E-state index in [0.29, 0.717) is 12.2 Å². The van der Waals surface area contributed by atoms with Gasteiger partial charge >= 0.3 is 0 Å². The van der Waals surface area contributed by atoms with Crippen LogP contribution in [0.2, 0.25) is 0 Å². The van der Waals surface area contributed by atoms with Gasteiger partial charge in [-0.1, -0.05) is 6.07 Å². The van der Waals surface area contributed by atoms with E-state index in [1.165, 1.54) is 13.0 Å². The highest BCUT2D eigenvalue weighted by atomic mass is 79.9. The summed E-state index contributed by atoms with van der Waals surface area (Å²) in [5.74, 6) is -0.777. The van der Waals surface area contributed by atoms with Gasteiger partial charge in [0.1, 0.15) is 10.4 Å². The van der Waals surface area contributed by atoms with Crippen LogP contribution in [0.4, 0.5) is 15.8 Å². The monoisotopic (exact) mass is 337 g/mol. The number of benzene rings is 1. The number of halogens is 2. The van der Waals surface area contributed by atoms with E-state index in [9.17, 15) is 9.18 Å². The lowest BCUT2D eigenvalue weighted by Gasteiger charge is -2.09. The Bertz CT molecular complexity index is 634. The minimum Gasteiger partial charge on any atom is -0.379 e. The van der Waals surface area contributed by atoms with E-state index in [2.05, 4.69) is 31.5 Å². The van der Waals surface area contributed by atoms with Crippen molar-refractivity contribution in [2.75, 3.05) is 10.6 Å². The summed E-state index contributed by atoms with van der Waals surface area (Å²) in [4.78, 5) is 15.3. The standard InChI is InChI=1S/C14H13BrFN3O/c1-9(20)18-13-7-10(5-6-12(13)16)17-8-11-3-2-4-14(15)19-11/h2-7,17H,8H2,1H3,(H,18,20). The Kier molecular flexibility index (Phi) is 4.68. The molecule has 0 aliphatic heterocycles. The molecular weight excluding hydrogens is 325 g/mol. The predicted molar refractivity (Wildman–Crippen MR) is 80.0 cm³/mol. The molecule has 2 N–H and O–H groups in total. The van der Waals surface area contributed by atoms with Crippen molar-refractivity contribution in [1.82, 2.24) is 4.98 Å². The summed E-state index contributed by atoms with van der Waals surface area (Å²) < 4.78 is 14.2. The molecule has 104 valence electrons. The van der Waals surface area contributed by atoms with Gasteiger partial charge in [-0.2, -0.15) is 0 Å². The fraction of sp³-hybridized carbons (Fsp3) is 0.143. The largest absolute Gasteiger partial charge is 0.379 e. The Morgan fingerprint density at radius 3 is 2.85 bits per heavy atom. The van der Waals surface area contributed by atoms with E-state index < -0.39 is 5.82 Å². The number of aromatic nitrogens is 1. The fourth-order valence-electron chi connectivity index (χ4n) is 1.66. The number of anilines is 2. The van der Waals surface area contributed by atoms with Gasteiger partial charge < -0.3 is 10.6 Å². The maximum Gasteiger partial charge on any atom is 0.221 e. The van der Waals surface area contributed by atoms with Crippen LogP contribution in [0.3, 0.4) is 0 Å². The van der Waals surface area contributed by atoms with Crippen LogP contribution in [0.15, 0.2) is 41.0 Å². The molecule has 0 saturated heterocycles. The third kappa shape index (κ3) is 4.03. The Labute approximate surface area is 124 Å². The van der Waals surface area contributed by atoms with Gasteiger partial charge in [-0.3, -0.25) is 4.79 Å². The molecule has 4 nitrogen and oxygen atoms in total. The summed E-state index contributed by atoms with van der Waals surface area (Å²) >= 11 is 3.30. The molecule has 0 unspecified atom stereocenters. The number of hydrogen-bond donors (Lipinski definition) is 2.